The molecule has 2 nitrogen and oxygen atoms in total. The van der Waals surface area contributed by atoms with E-state index < -0.39 is 0 Å². The van der Waals surface area contributed by atoms with Gasteiger partial charge < -0.3 is 5.11 Å². The van der Waals surface area contributed by atoms with E-state index in [9.17, 15) is 0 Å². The molecule has 0 amide bonds. The number of hydrogen-bond donors (Lipinski definition) is 1. The van der Waals surface area contributed by atoms with E-state index in [0.29, 0.717) is 5.69 Å². The third kappa shape index (κ3) is 3.58. The molecule has 1 N–H and O–H groups in total. The van der Waals surface area contributed by atoms with Gasteiger partial charge in [0.2, 0.25) is 0 Å². The Kier molecular flexibility index (Phi) is 4.52. The first-order valence-electron chi connectivity index (χ1n) is 3.97. The van der Waals surface area contributed by atoms with Gasteiger partial charge >= 0.3 is 0 Å². The van der Waals surface area contributed by atoms with Crippen LogP contribution in [-0.4, -0.2) is 15.4 Å². The zero-order valence-corrected chi connectivity index (χ0v) is 8.71. The second-order valence-electron chi connectivity index (χ2n) is 2.44. The summed E-state index contributed by atoms with van der Waals surface area (Å²) in [6.45, 7) is -0.0187. The maximum Gasteiger partial charge on any atom is 0.0852 e. The van der Waals surface area contributed by atoms with Crippen LogP contribution < -0.4 is 0 Å². The standard InChI is InChI=1S/C10H10BrNO/c11-6-2-1-3-9-4-5-10(8-13)12-7-9/h4-5,7,13H,2,6,8H2. The Bertz CT molecular complexity index is 310. The Hall–Kier alpha value is -0.850. The second-order valence-corrected chi connectivity index (χ2v) is 3.23. The van der Waals surface area contributed by atoms with E-state index in [1.807, 2.05) is 6.07 Å². The number of alkyl halides is 1. The van der Waals surface area contributed by atoms with Crippen LogP contribution in [0.1, 0.15) is 17.7 Å². The molecule has 0 aromatic carbocycles. The highest BCUT2D eigenvalue weighted by Crippen LogP contribution is 1.98. The first kappa shape index (κ1) is 10.2. The molecule has 1 heterocycles. The number of aromatic nitrogens is 1. The quantitative estimate of drug-likeness (QED) is 0.630. The largest absolute Gasteiger partial charge is 0.390 e. The monoisotopic (exact) mass is 239 g/mol. The molecule has 3 heteroatoms. The highest BCUT2D eigenvalue weighted by Gasteiger charge is 1.90. The molecular formula is C10H10BrNO. The van der Waals surface area contributed by atoms with E-state index in [0.717, 1.165) is 17.3 Å². The van der Waals surface area contributed by atoms with E-state index in [-0.39, 0.29) is 6.61 Å². The fourth-order valence-corrected chi connectivity index (χ4v) is 1.00. The van der Waals surface area contributed by atoms with E-state index in [4.69, 9.17) is 5.11 Å². The van der Waals surface area contributed by atoms with Crippen molar-refractivity contribution in [2.75, 3.05) is 5.33 Å². The molecule has 0 fully saturated rings. The Morgan fingerprint density at radius 3 is 2.85 bits per heavy atom. The molecular weight excluding hydrogens is 230 g/mol. The summed E-state index contributed by atoms with van der Waals surface area (Å²) in [5.41, 5.74) is 1.56. The number of halogens is 1. The maximum atomic E-state index is 8.74. The van der Waals surface area contributed by atoms with Crippen molar-refractivity contribution in [3.05, 3.63) is 29.6 Å². The minimum absolute atomic E-state index is 0.0187. The van der Waals surface area contributed by atoms with Crippen LogP contribution in [0.5, 0.6) is 0 Å². The molecule has 1 aromatic heterocycles. The van der Waals surface area contributed by atoms with Gasteiger partial charge in [-0.05, 0) is 12.1 Å². The van der Waals surface area contributed by atoms with E-state index in [2.05, 4.69) is 32.8 Å². The molecule has 13 heavy (non-hydrogen) atoms. The number of nitrogens with zero attached hydrogens (tertiary/aromatic N) is 1. The van der Waals surface area contributed by atoms with Crippen LogP contribution in [-0.2, 0) is 6.61 Å². The molecule has 0 radical (unpaired) electrons. The summed E-state index contributed by atoms with van der Waals surface area (Å²) < 4.78 is 0. The van der Waals surface area contributed by atoms with Crippen molar-refractivity contribution in [3.8, 4) is 11.8 Å². The Morgan fingerprint density at radius 2 is 2.31 bits per heavy atom. The fraction of sp³-hybridized carbons (Fsp3) is 0.300. The average molecular weight is 240 g/mol. The van der Waals surface area contributed by atoms with Gasteiger partial charge in [-0.1, -0.05) is 27.8 Å². The lowest BCUT2D eigenvalue weighted by Gasteiger charge is -1.93. The van der Waals surface area contributed by atoms with Crippen molar-refractivity contribution < 1.29 is 5.11 Å². The molecule has 0 aliphatic heterocycles. The van der Waals surface area contributed by atoms with Crippen LogP contribution in [0, 0.1) is 11.8 Å². The Labute approximate surface area is 86.1 Å². The van der Waals surface area contributed by atoms with Crippen LogP contribution >= 0.6 is 15.9 Å². The molecule has 0 bridgehead atoms. The number of rotatable bonds is 2. The molecule has 0 saturated carbocycles. The minimum Gasteiger partial charge on any atom is -0.390 e. The zero-order chi connectivity index (χ0) is 9.52. The van der Waals surface area contributed by atoms with Crippen molar-refractivity contribution in [3.63, 3.8) is 0 Å². The van der Waals surface area contributed by atoms with Gasteiger partial charge in [-0.25, -0.2) is 0 Å². The highest BCUT2D eigenvalue weighted by molar-refractivity contribution is 9.09. The summed E-state index contributed by atoms with van der Waals surface area (Å²) in [5, 5.41) is 9.63. The summed E-state index contributed by atoms with van der Waals surface area (Å²) in [6, 6.07) is 3.64. The van der Waals surface area contributed by atoms with Crippen molar-refractivity contribution in [1.29, 1.82) is 0 Å². The maximum absolute atomic E-state index is 8.74. The normalized spacial score (nSPS) is 9.08. The summed E-state index contributed by atoms with van der Waals surface area (Å²) in [4.78, 5) is 4.01. The molecule has 0 aliphatic carbocycles. The molecule has 1 rings (SSSR count). The lowest BCUT2D eigenvalue weighted by atomic mass is 10.2. The third-order valence-electron chi connectivity index (χ3n) is 1.44. The lowest BCUT2D eigenvalue weighted by Crippen LogP contribution is -1.88. The number of hydrogen-bond acceptors (Lipinski definition) is 2. The van der Waals surface area contributed by atoms with Gasteiger partial charge in [0.1, 0.15) is 0 Å². The Balaban J connectivity index is 2.65. The highest BCUT2D eigenvalue weighted by atomic mass is 79.9. The second kappa shape index (κ2) is 5.74. The van der Waals surface area contributed by atoms with Crippen molar-refractivity contribution in [2.24, 2.45) is 0 Å². The van der Waals surface area contributed by atoms with Gasteiger partial charge in [0, 0.05) is 23.5 Å². The zero-order valence-electron chi connectivity index (χ0n) is 7.13. The van der Waals surface area contributed by atoms with Crippen molar-refractivity contribution in [2.45, 2.75) is 13.0 Å². The lowest BCUT2D eigenvalue weighted by molar-refractivity contribution is 0.277. The molecule has 0 spiro atoms. The average Bonchev–Trinajstić information content (AvgIpc) is 2.19. The van der Waals surface area contributed by atoms with Gasteiger partial charge in [-0.2, -0.15) is 0 Å². The molecule has 1 aromatic rings. The van der Waals surface area contributed by atoms with Gasteiger partial charge in [0.15, 0.2) is 0 Å². The third-order valence-corrected chi connectivity index (χ3v) is 1.84. The first-order chi connectivity index (χ1) is 6.36. The van der Waals surface area contributed by atoms with Crippen LogP contribution in [0.25, 0.3) is 0 Å². The van der Waals surface area contributed by atoms with Gasteiger partial charge in [0.25, 0.3) is 0 Å². The predicted octanol–water partition coefficient (Wildman–Crippen LogP) is 1.71. The predicted molar refractivity (Wildman–Crippen MR) is 55.4 cm³/mol. The fourth-order valence-electron chi connectivity index (χ4n) is 0.804. The van der Waals surface area contributed by atoms with E-state index in [1.165, 1.54) is 0 Å². The summed E-state index contributed by atoms with van der Waals surface area (Å²) in [6.07, 6.45) is 2.51. The summed E-state index contributed by atoms with van der Waals surface area (Å²) in [5.74, 6) is 5.96. The van der Waals surface area contributed by atoms with Crippen LogP contribution in [0.3, 0.4) is 0 Å². The topological polar surface area (TPSA) is 33.1 Å². The Morgan fingerprint density at radius 1 is 1.46 bits per heavy atom. The SMILES string of the molecule is OCc1ccc(C#CCCBr)cn1. The summed E-state index contributed by atoms with van der Waals surface area (Å²) >= 11 is 3.29. The molecule has 0 saturated heterocycles. The molecule has 68 valence electrons. The van der Waals surface area contributed by atoms with Crippen LogP contribution in [0.2, 0.25) is 0 Å². The first-order valence-corrected chi connectivity index (χ1v) is 5.09. The molecule has 0 aliphatic rings. The van der Waals surface area contributed by atoms with Crippen molar-refractivity contribution >= 4 is 15.9 Å². The summed E-state index contributed by atoms with van der Waals surface area (Å²) in [7, 11) is 0. The van der Waals surface area contributed by atoms with Gasteiger partial charge in [-0.15, -0.1) is 0 Å². The minimum atomic E-state index is -0.0187. The van der Waals surface area contributed by atoms with Crippen LogP contribution in [0.15, 0.2) is 18.3 Å². The van der Waals surface area contributed by atoms with Gasteiger partial charge in [0.05, 0.1) is 12.3 Å². The molecule has 0 unspecified atom stereocenters. The number of pyridine rings is 1. The van der Waals surface area contributed by atoms with Crippen molar-refractivity contribution in [1.82, 2.24) is 4.98 Å². The van der Waals surface area contributed by atoms with E-state index >= 15 is 0 Å². The number of aliphatic hydroxyl groups excluding tert-OH is 1. The number of aliphatic hydroxyl groups is 1. The molecule has 0 atom stereocenters. The van der Waals surface area contributed by atoms with E-state index in [1.54, 1.807) is 12.3 Å². The van der Waals surface area contributed by atoms with Crippen LogP contribution in [0.4, 0.5) is 0 Å². The van der Waals surface area contributed by atoms with Gasteiger partial charge in [-0.3, -0.25) is 4.98 Å². The smallest absolute Gasteiger partial charge is 0.0852 e.